The van der Waals surface area contributed by atoms with Crippen molar-refractivity contribution in [3.05, 3.63) is 29.8 Å². The first kappa shape index (κ1) is 17.5. The fourth-order valence-corrected chi connectivity index (χ4v) is 3.08. The van der Waals surface area contributed by atoms with Gasteiger partial charge < -0.3 is 10.2 Å². The Hall–Kier alpha value is -0.510. The molecule has 0 fully saturated rings. The Kier molecular flexibility index (Phi) is 8.99. The molecule has 1 aromatic carbocycles. The van der Waals surface area contributed by atoms with Gasteiger partial charge in [-0.15, -0.1) is 11.8 Å². The molecule has 1 atom stereocenters. The van der Waals surface area contributed by atoms with Gasteiger partial charge in [-0.05, 0) is 50.7 Å². The van der Waals surface area contributed by atoms with E-state index in [4.69, 9.17) is 0 Å². The molecule has 0 heterocycles. The lowest BCUT2D eigenvalue weighted by atomic mass is 10.1. The summed E-state index contributed by atoms with van der Waals surface area (Å²) in [5.41, 5.74) is 1.38. The lowest BCUT2D eigenvalue weighted by Gasteiger charge is -2.17. The van der Waals surface area contributed by atoms with E-state index in [0.29, 0.717) is 6.04 Å². The fraction of sp³-hybridized carbons (Fsp3) is 0.647. The number of nitrogens with zero attached hydrogens (tertiary/aromatic N) is 1. The Balaban J connectivity index is 2.38. The highest BCUT2D eigenvalue weighted by molar-refractivity contribution is 7.99. The lowest BCUT2D eigenvalue weighted by Crippen LogP contribution is -2.25. The van der Waals surface area contributed by atoms with Gasteiger partial charge in [-0.2, -0.15) is 0 Å². The van der Waals surface area contributed by atoms with Crippen molar-refractivity contribution in [3.63, 3.8) is 0 Å². The van der Waals surface area contributed by atoms with Crippen LogP contribution in [0.5, 0.6) is 0 Å². The topological polar surface area (TPSA) is 15.3 Å². The van der Waals surface area contributed by atoms with Gasteiger partial charge in [0.15, 0.2) is 0 Å². The van der Waals surface area contributed by atoms with Crippen molar-refractivity contribution < 1.29 is 0 Å². The molecular weight excluding hydrogens is 264 g/mol. The molecule has 0 aliphatic rings. The van der Waals surface area contributed by atoms with Crippen molar-refractivity contribution in [2.45, 2.75) is 45.1 Å². The monoisotopic (exact) mass is 294 g/mol. The number of thioether (sulfide) groups is 1. The van der Waals surface area contributed by atoms with Gasteiger partial charge in [0.1, 0.15) is 0 Å². The average Bonchev–Trinajstić information content (AvgIpc) is 2.50. The van der Waals surface area contributed by atoms with Crippen molar-refractivity contribution in [1.82, 2.24) is 10.2 Å². The molecule has 2 nitrogen and oxygen atoms in total. The third kappa shape index (κ3) is 6.29. The van der Waals surface area contributed by atoms with Crippen LogP contribution in [0.2, 0.25) is 0 Å². The van der Waals surface area contributed by atoms with Gasteiger partial charge >= 0.3 is 0 Å². The smallest absolute Gasteiger partial charge is 0.0291 e. The van der Waals surface area contributed by atoms with E-state index in [1.807, 2.05) is 11.8 Å². The quantitative estimate of drug-likeness (QED) is 0.652. The molecule has 0 aromatic heterocycles. The fourth-order valence-electron chi connectivity index (χ4n) is 2.16. The molecule has 1 N–H and O–H groups in total. The van der Waals surface area contributed by atoms with Crippen LogP contribution in [-0.4, -0.2) is 36.8 Å². The molecule has 0 saturated carbocycles. The zero-order valence-electron chi connectivity index (χ0n) is 13.5. The molecule has 1 rings (SSSR count). The predicted molar refractivity (Wildman–Crippen MR) is 91.7 cm³/mol. The minimum absolute atomic E-state index is 0.449. The van der Waals surface area contributed by atoms with Crippen LogP contribution in [-0.2, 0) is 0 Å². The molecule has 1 unspecified atom stereocenters. The highest BCUT2D eigenvalue weighted by Gasteiger charge is 2.04. The van der Waals surface area contributed by atoms with Crippen LogP contribution >= 0.6 is 11.8 Å². The average molecular weight is 295 g/mol. The van der Waals surface area contributed by atoms with Gasteiger partial charge in [0.05, 0.1) is 0 Å². The SMILES string of the molecule is CCCNC(C)c1ccc(SCCN(CC)CC)cc1. The van der Waals surface area contributed by atoms with E-state index in [9.17, 15) is 0 Å². The first-order valence-corrected chi connectivity index (χ1v) is 8.88. The zero-order valence-corrected chi connectivity index (χ0v) is 14.3. The van der Waals surface area contributed by atoms with E-state index in [-0.39, 0.29) is 0 Å². The summed E-state index contributed by atoms with van der Waals surface area (Å²) in [6.07, 6.45) is 1.18. The molecule has 20 heavy (non-hydrogen) atoms. The van der Waals surface area contributed by atoms with E-state index in [1.54, 1.807) is 0 Å². The van der Waals surface area contributed by atoms with Crippen molar-refractivity contribution in [2.75, 3.05) is 31.9 Å². The van der Waals surface area contributed by atoms with E-state index in [1.165, 1.54) is 29.2 Å². The normalized spacial score (nSPS) is 12.8. The number of rotatable bonds is 10. The van der Waals surface area contributed by atoms with E-state index < -0.39 is 0 Å². The third-order valence-electron chi connectivity index (χ3n) is 3.65. The molecule has 0 radical (unpaired) electrons. The Morgan fingerprint density at radius 3 is 2.30 bits per heavy atom. The highest BCUT2D eigenvalue weighted by atomic mass is 32.2. The highest BCUT2D eigenvalue weighted by Crippen LogP contribution is 2.21. The first-order chi connectivity index (χ1) is 9.71. The van der Waals surface area contributed by atoms with Crippen LogP contribution in [0.3, 0.4) is 0 Å². The number of hydrogen-bond acceptors (Lipinski definition) is 3. The summed E-state index contributed by atoms with van der Waals surface area (Å²) in [6, 6.07) is 9.48. The Morgan fingerprint density at radius 2 is 1.75 bits per heavy atom. The van der Waals surface area contributed by atoms with E-state index in [0.717, 1.165) is 19.6 Å². The molecule has 0 aliphatic heterocycles. The van der Waals surface area contributed by atoms with Gasteiger partial charge in [-0.3, -0.25) is 0 Å². The second kappa shape index (κ2) is 10.3. The van der Waals surface area contributed by atoms with Crippen LogP contribution < -0.4 is 5.32 Å². The minimum atomic E-state index is 0.449. The minimum Gasteiger partial charge on any atom is -0.310 e. The Bertz CT molecular complexity index is 347. The number of nitrogens with one attached hydrogen (secondary N) is 1. The van der Waals surface area contributed by atoms with Gasteiger partial charge in [-0.1, -0.05) is 32.9 Å². The van der Waals surface area contributed by atoms with Crippen LogP contribution in [0.4, 0.5) is 0 Å². The maximum Gasteiger partial charge on any atom is 0.0291 e. The summed E-state index contributed by atoms with van der Waals surface area (Å²) in [5.74, 6) is 1.17. The van der Waals surface area contributed by atoms with Crippen molar-refractivity contribution in [2.24, 2.45) is 0 Å². The van der Waals surface area contributed by atoms with E-state index in [2.05, 4.69) is 62.2 Å². The summed E-state index contributed by atoms with van der Waals surface area (Å²) < 4.78 is 0. The summed E-state index contributed by atoms with van der Waals surface area (Å²) >= 11 is 1.96. The molecule has 0 amide bonds. The van der Waals surface area contributed by atoms with Crippen molar-refractivity contribution >= 4 is 11.8 Å². The molecule has 0 spiro atoms. The van der Waals surface area contributed by atoms with Gasteiger partial charge in [0, 0.05) is 23.2 Å². The van der Waals surface area contributed by atoms with E-state index >= 15 is 0 Å². The molecule has 3 heteroatoms. The van der Waals surface area contributed by atoms with Gasteiger partial charge in [0.25, 0.3) is 0 Å². The van der Waals surface area contributed by atoms with Crippen molar-refractivity contribution in [1.29, 1.82) is 0 Å². The second-order valence-corrected chi connectivity index (χ2v) is 6.29. The number of benzene rings is 1. The van der Waals surface area contributed by atoms with Crippen molar-refractivity contribution in [3.8, 4) is 0 Å². The molecule has 114 valence electrons. The first-order valence-electron chi connectivity index (χ1n) is 7.89. The molecule has 0 saturated heterocycles. The standard InChI is InChI=1S/C17H30N2S/c1-5-12-18-15(4)16-8-10-17(11-9-16)20-14-13-19(6-2)7-3/h8-11,15,18H,5-7,12-14H2,1-4H3. The number of hydrogen-bond donors (Lipinski definition) is 1. The third-order valence-corrected chi connectivity index (χ3v) is 4.64. The second-order valence-electron chi connectivity index (χ2n) is 5.12. The summed E-state index contributed by atoms with van der Waals surface area (Å²) in [7, 11) is 0. The Morgan fingerprint density at radius 1 is 1.10 bits per heavy atom. The summed E-state index contributed by atoms with van der Waals surface area (Å²) in [4.78, 5) is 3.85. The van der Waals surface area contributed by atoms with Crippen LogP contribution in [0.25, 0.3) is 0 Å². The molecule has 1 aromatic rings. The Labute approximate surface area is 129 Å². The van der Waals surface area contributed by atoms with Crippen LogP contribution in [0.15, 0.2) is 29.2 Å². The molecule has 0 bridgehead atoms. The largest absolute Gasteiger partial charge is 0.310 e. The predicted octanol–water partition coefficient (Wildman–Crippen LogP) is 4.18. The molecule has 0 aliphatic carbocycles. The van der Waals surface area contributed by atoms with Crippen LogP contribution in [0.1, 0.15) is 45.7 Å². The van der Waals surface area contributed by atoms with Gasteiger partial charge in [-0.25, -0.2) is 0 Å². The zero-order chi connectivity index (χ0) is 14.8. The lowest BCUT2D eigenvalue weighted by molar-refractivity contribution is 0.324. The maximum absolute atomic E-state index is 3.53. The van der Waals surface area contributed by atoms with Gasteiger partial charge in [0.2, 0.25) is 0 Å². The summed E-state index contributed by atoms with van der Waals surface area (Å²) in [5, 5.41) is 3.53. The summed E-state index contributed by atoms with van der Waals surface area (Å²) in [6.45, 7) is 13.5. The maximum atomic E-state index is 3.53. The van der Waals surface area contributed by atoms with Crippen LogP contribution in [0, 0.1) is 0 Å². The molecular formula is C17H30N2S.